The van der Waals surface area contributed by atoms with Gasteiger partial charge in [-0.1, -0.05) is 0 Å². The maximum atomic E-state index is 5.81. The van der Waals surface area contributed by atoms with Gasteiger partial charge >= 0.3 is 0 Å². The van der Waals surface area contributed by atoms with E-state index in [2.05, 4.69) is 9.97 Å². The number of ether oxygens (including phenoxy) is 1. The third-order valence-corrected chi connectivity index (χ3v) is 3.48. The van der Waals surface area contributed by atoms with Gasteiger partial charge in [0.1, 0.15) is 6.10 Å². The molecular weight excluding hydrogens is 226 g/mol. The highest BCUT2D eigenvalue weighted by Crippen LogP contribution is 2.42. The first-order chi connectivity index (χ1) is 8.67. The predicted molar refractivity (Wildman–Crippen MR) is 71.4 cm³/mol. The molecule has 1 aromatic rings. The summed E-state index contributed by atoms with van der Waals surface area (Å²) in [5, 5.41) is 0. The number of aryl methyl sites for hydroxylation is 2. The van der Waals surface area contributed by atoms with E-state index in [1.165, 1.54) is 18.4 Å². The summed E-state index contributed by atoms with van der Waals surface area (Å²) in [7, 11) is 0. The van der Waals surface area contributed by atoms with Gasteiger partial charge in [0.05, 0.1) is 0 Å². The van der Waals surface area contributed by atoms with Crippen LogP contribution >= 0.6 is 0 Å². The Balaban J connectivity index is 2.27. The van der Waals surface area contributed by atoms with Crippen LogP contribution in [0.4, 0.5) is 0 Å². The van der Waals surface area contributed by atoms with E-state index in [1.54, 1.807) is 0 Å². The molecule has 2 rings (SSSR count). The van der Waals surface area contributed by atoms with Crippen LogP contribution in [0, 0.1) is 19.8 Å². The average Bonchev–Trinajstić information content (AvgIpc) is 3.14. The van der Waals surface area contributed by atoms with Gasteiger partial charge in [-0.25, -0.2) is 9.97 Å². The van der Waals surface area contributed by atoms with Crippen LogP contribution in [0.3, 0.4) is 0 Å². The second-order valence-electron chi connectivity index (χ2n) is 4.98. The van der Waals surface area contributed by atoms with Gasteiger partial charge in [-0.2, -0.15) is 0 Å². The van der Waals surface area contributed by atoms with Gasteiger partial charge in [-0.15, -0.1) is 0 Å². The highest BCUT2D eigenvalue weighted by molar-refractivity contribution is 5.25. The number of aromatic nitrogens is 2. The molecule has 4 heteroatoms. The van der Waals surface area contributed by atoms with Crippen molar-refractivity contribution >= 4 is 0 Å². The topological polar surface area (TPSA) is 61.0 Å². The van der Waals surface area contributed by atoms with E-state index in [-0.39, 0.29) is 6.10 Å². The van der Waals surface area contributed by atoms with E-state index in [9.17, 15) is 0 Å². The first kappa shape index (κ1) is 13.4. The SMILES string of the molecule is CCOC(c1nc(C)c(CCN)c(C)n1)C1CC1. The van der Waals surface area contributed by atoms with E-state index >= 15 is 0 Å². The van der Waals surface area contributed by atoms with Crippen molar-refractivity contribution in [3.05, 3.63) is 22.8 Å². The lowest BCUT2D eigenvalue weighted by Gasteiger charge is -2.17. The van der Waals surface area contributed by atoms with Crippen LogP contribution < -0.4 is 5.73 Å². The van der Waals surface area contributed by atoms with Crippen LogP contribution in [0.2, 0.25) is 0 Å². The molecule has 100 valence electrons. The summed E-state index contributed by atoms with van der Waals surface area (Å²) >= 11 is 0. The molecule has 0 saturated heterocycles. The quantitative estimate of drug-likeness (QED) is 0.838. The highest BCUT2D eigenvalue weighted by Gasteiger charge is 2.35. The molecule has 0 spiro atoms. The fraction of sp³-hybridized carbons (Fsp3) is 0.714. The Morgan fingerprint density at radius 1 is 1.28 bits per heavy atom. The molecule has 0 aromatic carbocycles. The maximum Gasteiger partial charge on any atom is 0.157 e. The lowest BCUT2D eigenvalue weighted by molar-refractivity contribution is 0.0397. The van der Waals surface area contributed by atoms with Crippen LogP contribution in [0.15, 0.2) is 0 Å². The Kier molecular flexibility index (Phi) is 4.30. The zero-order chi connectivity index (χ0) is 13.1. The molecule has 1 aromatic heterocycles. The lowest BCUT2D eigenvalue weighted by atomic mass is 10.1. The van der Waals surface area contributed by atoms with Gasteiger partial charge in [-0.05, 0) is 58.1 Å². The number of hydrogen-bond donors (Lipinski definition) is 1. The summed E-state index contributed by atoms with van der Waals surface area (Å²) in [6.45, 7) is 7.46. The van der Waals surface area contributed by atoms with E-state index in [0.717, 1.165) is 23.6 Å². The number of rotatable bonds is 6. The molecule has 2 N–H and O–H groups in total. The van der Waals surface area contributed by atoms with Gasteiger partial charge in [-0.3, -0.25) is 0 Å². The molecule has 0 radical (unpaired) electrons. The predicted octanol–water partition coefficient (Wildman–Crippen LogP) is 2.08. The molecule has 1 aliphatic rings. The minimum absolute atomic E-state index is 0.0827. The standard InChI is InChI=1S/C14H23N3O/c1-4-18-13(11-5-6-11)14-16-9(2)12(7-8-15)10(3)17-14/h11,13H,4-8,15H2,1-3H3. The van der Waals surface area contributed by atoms with Crippen LogP contribution in [-0.2, 0) is 11.2 Å². The first-order valence-corrected chi connectivity index (χ1v) is 6.83. The minimum atomic E-state index is 0.0827. The maximum absolute atomic E-state index is 5.81. The summed E-state index contributed by atoms with van der Waals surface area (Å²) in [6, 6.07) is 0. The Morgan fingerprint density at radius 2 is 1.89 bits per heavy atom. The summed E-state index contributed by atoms with van der Waals surface area (Å²) in [4.78, 5) is 9.28. The van der Waals surface area contributed by atoms with Gasteiger partial charge in [0.25, 0.3) is 0 Å². The number of nitrogens with two attached hydrogens (primary N) is 1. The Bertz CT molecular complexity index is 392. The normalized spacial score (nSPS) is 16.9. The van der Waals surface area contributed by atoms with Crippen molar-refractivity contribution in [3.8, 4) is 0 Å². The van der Waals surface area contributed by atoms with Gasteiger partial charge in [0.15, 0.2) is 5.82 Å². The summed E-state index contributed by atoms with van der Waals surface area (Å²) in [6.07, 6.45) is 3.40. The smallest absolute Gasteiger partial charge is 0.157 e. The van der Waals surface area contributed by atoms with Crippen molar-refractivity contribution in [3.63, 3.8) is 0 Å². The number of hydrogen-bond acceptors (Lipinski definition) is 4. The molecule has 1 fully saturated rings. The molecule has 0 aliphatic heterocycles. The van der Waals surface area contributed by atoms with Crippen LogP contribution in [-0.4, -0.2) is 23.1 Å². The Hall–Kier alpha value is -1.00. The zero-order valence-corrected chi connectivity index (χ0v) is 11.6. The summed E-state index contributed by atoms with van der Waals surface area (Å²) in [5.41, 5.74) is 8.91. The number of nitrogens with zero attached hydrogens (tertiary/aromatic N) is 2. The second kappa shape index (κ2) is 5.76. The van der Waals surface area contributed by atoms with E-state index in [1.807, 2.05) is 20.8 Å². The van der Waals surface area contributed by atoms with Crippen molar-refractivity contribution in [2.24, 2.45) is 11.7 Å². The van der Waals surface area contributed by atoms with Crippen LogP contribution in [0.1, 0.15) is 48.6 Å². The average molecular weight is 249 g/mol. The highest BCUT2D eigenvalue weighted by atomic mass is 16.5. The van der Waals surface area contributed by atoms with Gasteiger partial charge in [0.2, 0.25) is 0 Å². The minimum Gasteiger partial charge on any atom is -0.370 e. The van der Waals surface area contributed by atoms with Crippen LogP contribution in [0.25, 0.3) is 0 Å². The second-order valence-corrected chi connectivity index (χ2v) is 4.98. The van der Waals surface area contributed by atoms with Crippen molar-refractivity contribution in [2.75, 3.05) is 13.2 Å². The first-order valence-electron chi connectivity index (χ1n) is 6.83. The zero-order valence-electron chi connectivity index (χ0n) is 11.6. The van der Waals surface area contributed by atoms with Gasteiger partial charge in [0, 0.05) is 18.0 Å². The molecule has 1 unspecified atom stereocenters. The van der Waals surface area contributed by atoms with Crippen molar-refractivity contribution in [1.82, 2.24) is 9.97 Å². The molecule has 1 aliphatic carbocycles. The fourth-order valence-electron chi connectivity index (χ4n) is 2.40. The fourth-order valence-corrected chi connectivity index (χ4v) is 2.40. The molecular formula is C14H23N3O. The van der Waals surface area contributed by atoms with Crippen molar-refractivity contribution in [2.45, 2.75) is 46.1 Å². The van der Waals surface area contributed by atoms with Crippen molar-refractivity contribution in [1.29, 1.82) is 0 Å². The van der Waals surface area contributed by atoms with E-state index in [0.29, 0.717) is 19.1 Å². The largest absolute Gasteiger partial charge is 0.370 e. The Labute approximate surface area is 109 Å². The molecule has 4 nitrogen and oxygen atoms in total. The third-order valence-electron chi connectivity index (χ3n) is 3.48. The molecule has 18 heavy (non-hydrogen) atoms. The third kappa shape index (κ3) is 2.87. The van der Waals surface area contributed by atoms with Crippen LogP contribution in [0.5, 0.6) is 0 Å². The monoisotopic (exact) mass is 249 g/mol. The summed E-state index contributed by atoms with van der Waals surface area (Å²) < 4.78 is 5.81. The molecule has 0 amide bonds. The van der Waals surface area contributed by atoms with E-state index in [4.69, 9.17) is 10.5 Å². The molecule has 1 saturated carbocycles. The molecule has 1 heterocycles. The van der Waals surface area contributed by atoms with E-state index < -0.39 is 0 Å². The summed E-state index contributed by atoms with van der Waals surface area (Å²) in [5.74, 6) is 1.47. The molecule has 0 bridgehead atoms. The van der Waals surface area contributed by atoms with Gasteiger partial charge < -0.3 is 10.5 Å². The Morgan fingerprint density at radius 3 is 2.33 bits per heavy atom. The van der Waals surface area contributed by atoms with Crippen molar-refractivity contribution < 1.29 is 4.74 Å². The molecule has 1 atom stereocenters. The lowest BCUT2D eigenvalue weighted by Crippen LogP contribution is -2.15.